The van der Waals surface area contributed by atoms with E-state index in [1.807, 2.05) is 12.1 Å². The Morgan fingerprint density at radius 1 is 0.479 bits per heavy atom. The zero-order chi connectivity index (χ0) is 32.1. The van der Waals surface area contributed by atoms with Gasteiger partial charge in [0.15, 0.2) is 11.5 Å². The Morgan fingerprint density at radius 2 is 1.19 bits per heavy atom. The van der Waals surface area contributed by atoms with Crippen LogP contribution in [0.15, 0.2) is 140 Å². The molecule has 48 heavy (non-hydrogen) atoms. The first-order chi connectivity index (χ1) is 23.7. The fourth-order valence-corrected chi connectivity index (χ4v) is 8.10. The van der Waals surface area contributed by atoms with Gasteiger partial charge in [0.1, 0.15) is 0 Å². The van der Waals surface area contributed by atoms with Crippen molar-refractivity contribution in [2.75, 3.05) is 0 Å². The lowest BCUT2D eigenvalue weighted by molar-refractivity contribution is 0.353. The van der Waals surface area contributed by atoms with Gasteiger partial charge in [-0.15, -0.1) is 0 Å². The minimum absolute atomic E-state index is 0.0308. The third-order valence-electron chi connectivity index (χ3n) is 10.5. The Morgan fingerprint density at radius 3 is 2.02 bits per heavy atom. The van der Waals surface area contributed by atoms with Crippen LogP contribution >= 0.6 is 0 Å². The van der Waals surface area contributed by atoms with Crippen molar-refractivity contribution in [2.24, 2.45) is 0 Å². The van der Waals surface area contributed by atoms with Crippen molar-refractivity contribution in [1.82, 2.24) is 9.97 Å². The van der Waals surface area contributed by atoms with Gasteiger partial charge in [-0.3, -0.25) is 0 Å². The van der Waals surface area contributed by atoms with Gasteiger partial charge in [-0.25, -0.2) is 14.8 Å². The van der Waals surface area contributed by atoms with E-state index in [-0.39, 0.29) is 5.41 Å². The van der Waals surface area contributed by atoms with Crippen molar-refractivity contribution in [3.8, 4) is 56.2 Å². The highest BCUT2D eigenvalue weighted by molar-refractivity contribution is 5.88. The van der Waals surface area contributed by atoms with Crippen LogP contribution in [0.1, 0.15) is 43.2 Å². The highest BCUT2D eigenvalue weighted by Crippen LogP contribution is 2.57. The maximum absolute atomic E-state index is 7.64. The SMILES string of the molecule is [C-]#[N+]c1ccc2c(c1)-c1ccc(-c3cccc(-c4cc(-c5ccccc5)nc(-c5ccc6ccccc6c5)n4)c3)cc1C21CCCCC1. The predicted molar refractivity (Wildman–Crippen MR) is 197 cm³/mol. The van der Waals surface area contributed by atoms with E-state index in [2.05, 4.69) is 132 Å². The number of aromatic nitrogens is 2. The lowest BCUT2D eigenvalue weighted by Gasteiger charge is -2.36. The molecule has 3 nitrogen and oxygen atoms in total. The highest BCUT2D eigenvalue weighted by Gasteiger charge is 2.43. The summed E-state index contributed by atoms with van der Waals surface area (Å²) < 4.78 is 0. The Labute approximate surface area is 281 Å². The minimum Gasteiger partial charge on any atom is -0.238 e. The van der Waals surface area contributed by atoms with Crippen molar-refractivity contribution in [2.45, 2.75) is 37.5 Å². The molecule has 0 atom stereocenters. The van der Waals surface area contributed by atoms with Gasteiger partial charge in [0, 0.05) is 22.1 Å². The average Bonchev–Trinajstić information content (AvgIpc) is 3.42. The Hall–Kier alpha value is -5.85. The largest absolute Gasteiger partial charge is 0.238 e. The Kier molecular flexibility index (Phi) is 6.76. The second-order valence-electron chi connectivity index (χ2n) is 13.2. The molecule has 1 saturated carbocycles. The molecule has 6 aromatic carbocycles. The number of hydrogen-bond acceptors (Lipinski definition) is 2. The van der Waals surface area contributed by atoms with E-state index < -0.39 is 0 Å². The Balaban J connectivity index is 1.16. The number of hydrogen-bond donors (Lipinski definition) is 0. The minimum atomic E-state index is 0.0308. The summed E-state index contributed by atoms with van der Waals surface area (Å²) in [5, 5.41) is 2.37. The molecule has 0 aliphatic heterocycles. The summed E-state index contributed by atoms with van der Waals surface area (Å²) in [6.45, 7) is 7.64. The Bertz CT molecular complexity index is 2390. The maximum atomic E-state index is 7.64. The summed E-state index contributed by atoms with van der Waals surface area (Å²) in [7, 11) is 0. The van der Waals surface area contributed by atoms with Gasteiger partial charge in [-0.1, -0.05) is 128 Å². The van der Waals surface area contributed by atoms with Gasteiger partial charge in [0.05, 0.1) is 18.0 Å². The lowest BCUT2D eigenvalue weighted by Crippen LogP contribution is -2.28. The smallest absolute Gasteiger partial charge is 0.187 e. The third kappa shape index (κ3) is 4.72. The van der Waals surface area contributed by atoms with E-state index in [9.17, 15) is 0 Å². The summed E-state index contributed by atoms with van der Waals surface area (Å²) in [5.41, 5.74) is 13.4. The van der Waals surface area contributed by atoms with Crippen molar-refractivity contribution < 1.29 is 0 Å². The summed E-state index contributed by atoms with van der Waals surface area (Å²) in [6.07, 6.45) is 6.09. The van der Waals surface area contributed by atoms with Crippen LogP contribution in [0.25, 0.3) is 71.8 Å². The van der Waals surface area contributed by atoms with Gasteiger partial charge in [0.2, 0.25) is 0 Å². The first-order valence-corrected chi connectivity index (χ1v) is 16.9. The number of benzene rings is 6. The molecule has 0 N–H and O–H groups in total. The fourth-order valence-electron chi connectivity index (χ4n) is 8.10. The van der Waals surface area contributed by atoms with Crippen molar-refractivity contribution in [1.29, 1.82) is 0 Å². The van der Waals surface area contributed by atoms with Crippen LogP contribution in [-0.2, 0) is 5.41 Å². The lowest BCUT2D eigenvalue weighted by atomic mass is 9.67. The van der Waals surface area contributed by atoms with Crippen LogP contribution in [0, 0.1) is 6.57 Å². The quantitative estimate of drug-likeness (QED) is 0.184. The van der Waals surface area contributed by atoms with Crippen LogP contribution in [0.2, 0.25) is 0 Å². The van der Waals surface area contributed by atoms with Crippen LogP contribution in [0.5, 0.6) is 0 Å². The zero-order valence-corrected chi connectivity index (χ0v) is 26.7. The van der Waals surface area contributed by atoms with Crippen molar-refractivity contribution >= 4 is 16.5 Å². The molecule has 2 aliphatic carbocycles. The van der Waals surface area contributed by atoms with E-state index in [0.717, 1.165) is 46.7 Å². The summed E-state index contributed by atoms with van der Waals surface area (Å²) in [4.78, 5) is 14.0. The number of rotatable bonds is 4. The van der Waals surface area contributed by atoms with Crippen LogP contribution in [-0.4, -0.2) is 9.97 Å². The number of nitrogens with zero attached hydrogens (tertiary/aromatic N) is 3. The molecule has 0 saturated heterocycles. The molecule has 0 radical (unpaired) electrons. The monoisotopic (exact) mass is 615 g/mol. The third-order valence-corrected chi connectivity index (χ3v) is 10.5. The first kappa shape index (κ1) is 28.4. The molecule has 228 valence electrons. The standard InChI is InChI=1S/C45H33N3/c1-46-37-20-22-40-39(28-37)38-21-19-34(27-41(38)45(40)23-8-3-9-24-45)33-15-10-16-35(25-33)43-29-42(31-12-4-2-5-13-31)47-44(48-43)36-18-17-30-11-6-7-14-32(30)26-36/h2,4-7,10-22,25-29H,3,8-9,23-24H2. The molecule has 1 spiro atoms. The van der Waals surface area contributed by atoms with Crippen LogP contribution < -0.4 is 0 Å². The average molecular weight is 616 g/mol. The topological polar surface area (TPSA) is 30.1 Å². The molecule has 3 heteroatoms. The molecule has 0 bridgehead atoms. The van der Waals surface area contributed by atoms with Crippen LogP contribution in [0.4, 0.5) is 5.69 Å². The van der Waals surface area contributed by atoms with Gasteiger partial charge in [-0.05, 0) is 87.3 Å². The fraction of sp³-hybridized carbons (Fsp3) is 0.133. The molecule has 1 heterocycles. The van der Waals surface area contributed by atoms with Gasteiger partial charge < -0.3 is 0 Å². The highest BCUT2D eigenvalue weighted by atomic mass is 14.9. The molecule has 1 fully saturated rings. The van der Waals surface area contributed by atoms with E-state index in [1.54, 1.807) is 0 Å². The number of fused-ring (bicyclic) bond motifs is 6. The van der Waals surface area contributed by atoms with Gasteiger partial charge >= 0.3 is 0 Å². The molecule has 9 rings (SSSR count). The molecule has 2 aliphatic rings. The summed E-state index contributed by atoms with van der Waals surface area (Å²) >= 11 is 0. The molecule has 1 aromatic heterocycles. The summed E-state index contributed by atoms with van der Waals surface area (Å²) in [5.74, 6) is 0.718. The van der Waals surface area contributed by atoms with Gasteiger partial charge in [0.25, 0.3) is 0 Å². The normalized spacial score (nSPS) is 14.4. The molecule has 0 amide bonds. The predicted octanol–water partition coefficient (Wildman–Crippen LogP) is 12.1. The maximum Gasteiger partial charge on any atom is 0.187 e. The second kappa shape index (κ2) is 11.4. The summed E-state index contributed by atoms with van der Waals surface area (Å²) in [6, 6.07) is 49.5. The first-order valence-electron chi connectivity index (χ1n) is 16.9. The zero-order valence-electron chi connectivity index (χ0n) is 26.7. The second-order valence-corrected chi connectivity index (χ2v) is 13.2. The molecule has 7 aromatic rings. The molecular formula is C45H33N3. The van der Waals surface area contributed by atoms with Crippen molar-refractivity contribution in [3.63, 3.8) is 0 Å². The van der Waals surface area contributed by atoms with Crippen LogP contribution in [0.3, 0.4) is 0 Å². The van der Waals surface area contributed by atoms with E-state index in [0.29, 0.717) is 5.69 Å². The van der Waals surface area contributed by atoms with Crippen molar-refractivity contribution in [3.05, 3.63) is 162 Å². The molecule has 0 unspecified atom stereocenters. The van der Waals surface area contributed by atoms with E-state index >= 15 is 0 Å². The molecular weight excluding hydrogens is 583 g/mol. The van der Waals surface area contributed by atoms with E-state index in [1.165, 1.54) is 63.4 Å². The van der Waals surface area contributed by atoms with Gasteiger partial charge in [-0.2, -0.15) is 0 Å². The van der Waals surface area contributed by atoms with E-state index in [4.69, 9.17) is 16.5 Å².